The van der Waals surface area contributed by atoms with Crippen LogP contribution in [0.3, 0.4) is 0 Å². The molecule has 0 amide bonds. The number of benzene rings is 1. The fourth-order valence-electron chi connectivity index (χ4n) is 4.67. The van der Waals surface area contributed by atoms with Crippen molar-refractivity contribution in [3.63, 3.8) is 0 Å². The lowest BCUT2D eigenvalue weighted by Gasteiger charge is -2.27. The Balaban J connectivity index is 1.35. The van der Waals surface area contributed by atoms with Crippen LogP contribution in [0.5, 0.6) is 0 Å². The Hall–Kier alpha value is -2.10. The van der Waals surface area contributed by atoms with Gasteiger partial charge in [0.05, 0.1) is 13.1 Å². The van der Waals surface area contributed by atoms with Crippen LogP contribution in [-0.2, 0) is 0 Å². The van der Waals surface area contributed by atoms with Crippen LogP contribution < -0.4 is 10.5 Å². The number of hydrogen-bond donors (Lipinski definition) is 1. The van der Waals surface area contributed by atoms with Crippen molar-refractivity contribution in [2.24, 2.45) is 5.92 Å². The number of fused-ring (bicyclic) bond motifs is 1. The van der Waals surface area contributed by atoms with Gasteiger partial charge in [-0.25, -0.2) is 5.21 Å². The highest BCUT2D eigenvalue weighted by molar-refractivity contribution is 14.2. The van der Waals surface area contributed by atoms with E-state index in [9.17, 15) is 10.0 Å². The van der Waals surface area contributed by atoms with E-state index in [0.717, 1.165) is 29.8 Å². The van der Waals surface area contributed by atoms with E-state index in [1.54, 1.807) is 18.3 Å². The molecule has 29 heavy (non-hydrogen) atoms. The van der Waals surface area contributed by atoms with Crippen LogP contribution in [0.25, 0.3) is 9.28 Å². The monoisotopic (exact) mass is 503 g/mol. The molecule has 2 fully saturated rings. The number of nitrogens with zero attached hydrogens (tertiary/aromatic N) is 4. The number of rotatable bonds is 3. The average molecular weight is 503 g/mol. The molecule has 0 saturated carbocycles. The number of likely N-dealkylation sites (N-methyl/N-ethyl adjacent to an activating group) is 1. The minimum Gasteiger partial charge on any atom is -0.362 e. The molecule has 3 atom stereocenters. The third-order valence-corrected chi connectivity index (χ3v) is 8.47. The number of hydrogen-bond acceptors (Lipinski definition) is 4. The van der Waals surface area contributed by atoms with Crippen LogP contribution in [0.4, 0.5) is 5.69 Å². The van der Waals surface area contributed by atoms with Crippen molar-refractivity contribution < 1.29 is 9.85 Å². The summed E-state index contributed by atoms with van der Waals surface area (Å²) in [6.07, 6.45) is 6.90. The lowest BCUT2D eigenvalue weighted by Crippen LogP contribution is -2.42. The Labute approximate surface area is 179 Å². The molecule has 3 aliphatic rings. The summed E-state index contributed by atoms with van der Waals surface area (Å²) in [5.74, 6) is 0.586. The molecule has 7 heteroatoms. The molecular formula is C22H24IN4O2+. The number of allylic oxidation sites excluding steroid dienone is 3. The fourth-order valence-corrected chi connectivity index (χ4v) is 6.90. The second-order valence-electron chi connectivity index (χ2n) is 8.16. The summed E-state index contributed by atoms with van der Waals surface area (Å²) >= 11 is -0.421. The highest BCUT2D eigenvalue weighted by Gasteiger charge is 2.49. The minimum absolute atomic E-state index is 0.0820. The summed E-state index contributed by atoms with van der Waals surface area (Å²) in [4.78, 5) is 14.4. The summed E-state index contributed by atoms with van der Waals surface area (Å²) < 4.78 is 4.88. The number of aromatic nitrogens is 2. The zero-order chi connectivity index (χ0) is 20.0. The minimum atomic E-state index is -0.421. The first-order valence-electron chi connectivity index (χ1n) is 9.88. The molecule has 3 aliphatic heterocycles. The number of likely N-dealkylation sites (tertiary alicyclic amines) is 1. The third-order valence-electron chi connectivity index (χ3n) is 6.03. The van der Waals surface area contributed by atoms with Crippen LogP contribution in [0.2, 0.25) is 0 Å². The van der Waals surface area contributed by atoms with Gasteiger partial charge < -0.3 is 4.90 Å². The molecule has 0 spiro atoms. The Morgan fingerprint density at radius 3 is 2.72 bits per heavy atom. The zero-order valence-corrected chi connectivity index (χ0v) is 18.4. The first-order chi connectivity index (χ1) is 14.0. The van der Waals surface area contributed by atoms with Gasteiger partial charge in [0, 0.05) is 30.4 Å². The summed E-state index contributed by atoms with van der Waals surface area (Å²) in [6.45, 7) is 2.73. The van der Waals surface area contributed by atoms with Crippen molar-refractivity contribution in [1.29, 1.82) is 0 Å². The summed E-state index contributed by atoms with van der Waals surface area (Å²) in [5, 5.41) is 14.6. The summed E-state index contributed by atoms with van der Waals surface area (Å²) in [6, 6.07) is 12.4. The largest absolute Gasteiger partial charge is 0.362 e. The van der Waals surface area contributed by atoms with Gasteiger partial charge in [0.15, 0.2) is 0 Å². The lowest BCUT2D eigenvalue weighted by molar-refractivity contribution is -1.08. The smallest absolute Gasteiger partial charge is 0.271 e. The standard InChI is InChI=1S/C22H24IN4O2/c1-27(29)14-18-10-12-25(20(18)15-27)19-7-4-16(5-8-19)17-6-9-21(23-13-17)26-22(28)3-2-11-24-26/h2-9,11,13,18,20,29H,10,12,14-15H2,1H3/q+1/t18-,20+,27+/m1/s1. The molecule has 1 aromatic carbocycles. The maximum Gasteiger partial charge on any atom is 0.271 e. The van der Waals surface area contributed by atoms with E-state index in [2.05, 4.69) is 44.4 Å². The number of halogens is 1. The van der Waals surface area contributed by atoms with E-state index < -0.39 is 20.7 Å². The van der Waals surface area contributed by atoms with Crippen molar-refractivity contribution in [2.75, 3.05) is 31.6 Å². The fraction of sp³-hybridized carbons (Fsp3) is 0.318. The van der Waals surface area contributed by atoms with Gasteiger partial charge in [-0.2, -0.15) is 14.4 Å². The average Bonchev–Trinajstić information content (AvgIpc) is 3.24. The van der Waals surface area contributed by atoms with Gasteiger partial charge in [0.1, 0.15) is 16.8 Å². The maximum absolute atomic E-state index is 12.0. The second kappa shape index (κ2) is 7.30. The highest BCUT2D eigenvalue weighted by Crippen LogP contribution is 2.37. The van der Waals surface area contributed by atoms with Gasteiger partial charge >= 0.3 is 0 Å². The van der Waals surface area contributed by atoms with E-state index in [1.165, 1.54) is 21.5 Å². The normalized spacial score (nSPS) is 28.6. The Bertz CT molecular complexity index is 1080. The summed E-state index contributed by atoms with van der Waals surface area (Å²) in [7, 11) is 1.91. The van der Waals surface area contributed by atoms with Gasteiger partial charge in [-0.15, -0.1) is 0 Å². The molecule has 6 nitrogen and oxygen atoms in total. The van der Waals surface area contributed by atoms with E-state index in [4.69, 9.17) is 0 Å². The molecule has 0 aliphatic carbocycles. The van der Waals surface area contributed by atoms with E-state index in [-0.39, 0.29) is 10.2 Å². The SMILES string of the molecule is C[N@+]1(O)C[C@H]2CCN(c3ccc(C4=CC=C(n5ncccc5=O)I=C4)cc3)[C@H]2C1. The van der Waals surface area contributed by atoms with E-state index in [0.29, 0.717) is 12.0 Å². The predicted molar refractivity (Wildman–Crippen MR) is 124 cm³/mol. The molecule has 0 bridgehead atoms. The second-order valence-corrected chi connectivity index (χ2v) is 10.5. The van der Waals surface area contributed by atoms with Crippen molar-refractivity contribution in [3.05, 3.63) is 70.7 Å². The molecule has 5 rings (SSSR count). The molecule has 0 unspecified atom stereocenters. The van der Waals surface area contributed by atoms with Gasteiger partial charge in [0.25, 0.3) is 5.56 Å². The van der Waals surface area contributed by atoms with Gasteiger partial charge in [-0.1, -0.05) is 38.9 Å². The Morgan fingerprint density at radius 2 is 2.00 bits per heavy atom. The van der Waals surface area contributed by atoms with Crippen molar-refractivity contribution >= 4 is 39.7 Å². The maximum atomic E-state index is 12.0. The van der Waals surface area contributed by atoms with Crippen LogP contribution in [-0.4, -0.2) is 56.4 Å². The van der Waals surface area contributed by atoms with Crippen molar-refractivity contribution in [3.8, 4) is 0 Å². The van der Waals surface area contributed by atoms with Gasteiger partial charge in [0.2, 0.25) is 0 Å². The van der Waals surface area contributed by atoms with Crippen LogP contribution in [0, 0.1) is 5.92 Å². The Kier molecular flexibility index (Phi) is 4.76. The molecule has 2 saturated heterocycles. The topological polar surface area (TPSA) is 58.4 Å². The van der Waals surface area contributed by atoms with E-state index >= 15 is 0 Å². The quantitative estimate of drug-likeness (QED) is 0.517. The van der Waals surface area contributed by atoms with Crippen LogP contribution in [0.15, 0.2) is 59.5 Å². The van der Waals surface area contributed by atoms with Crippen LogP contribution in [0.1, 0.15) is 12.0 Å². The molecule has 0 radical (unpaired) electrons. The molecular weight excluding hydrogens is 479 g/mol. The van der Waals surface area contributed by atoms with Gasteiger partial charge in [-0.05, 0) is 45.8 Å². The van der Waals surface area contributed by atoms with Crippen molar-refractivity contribution in [1.82, 2.24) is 9.78 Å². The molecule has 4 heterocycles. The Morgan fingerprint density at radius 1 is 1.17 bits per heavy atom. The molecule has 2 aromatic rings. The highest BCUT2D eigenvalue weighted by atomic mass is 127. The predicted octanol–water partition coefficient (Wildman–Crippen LogP) is 2.96. The number of anilines is 1. The van der Waals surface area contributed by atoms with Crippen molar-refractivity contribution in [2.45, 2.75) is 12.5 Å². The van der Waals surface area contributed by atoms with Gasteiger partial charge in [-0.3, -0.25) is 4.79 Å². The number of hydroxylamine groups is 3. The first kappa shape index (κ1) is 18.9. The first-order valence-corrected chi connectivity index (χ1v) is 12.2. The lowest BCUT2D eigenvalue weighted by atomic mass is 10.0. The summed E-state index contributed by atoms with van der Waals surface area (Å²) in [5.41, 5.74) is 3.56. The molecule has 1 N–H and O–H groups in total. The van der Waals surface area contributed by atoms with E-state index in [1.807, 2.05) is 13.1 Å². The molecule has 150 valence electrons. The zero-order valence-electron chi connectivity index (χ0n) is 16.3. The molecule has 1 aromatic heterocycles. The number of quaternary nitrogens is 1. The third kappa shape index (κ3) is 3.62. The van der Waals surface area contributed by atoms with Crippen LogP contribution >= 0.6 is 20.7 Å².